The van der Waals surface area contributed by atoms with Gasteiger partial charge in [0.1, 0.15) is 12.4 Å². The van der Waals surface area contributed by atoms with E-state index in [1.54, 1.807) is 0 Å². The highest BCUT2D eigenvalue weighted by Gasteiger charge is 2.25. The van der Waals surface area contributed by atoms with Gasteiger partial charge in [-0.3, -0.25) is 4.90 Å². The van der Waals surface area contributed by atoms with E-state index in [4.69, 9.17) is 4.74 Å². The van der Waals surface area contributed by atoms with E-state index in [0.717, 1.165) is 38.3 Å². The highest BCUT2D eigenvalue weighted by Crippen LogP contribution is 2.34. The zero-order valence-corrected chi connectivity index (χ0v) is 15.4. The Morgan fingerprint density at radius 1 is 0.960 bits per heavy atom. The van der Waals surface area contributed by atoms with Crippen LogP contribution in [-0.4, -0.2) is 31.1 Å². The monoisotopic (exact) mass is 338 g/mol. The van der Waals surface area contributed by atoms with Crippen molar-refractivity contribution in [2.24, 2.45) is 5.92 Å². The van der Waals surface area contributed by atoms with Crippen LogP contribution in [0.5, 0.6) is 5.75 Å². The Morgan fingerprint density at radius 3 is 2.36 bits per heavy atom. The average Bonchev–Trinajstić information content (AvgIpc) is 2.66. The number of piperazine rings is 1. The molecule has 0 unspecified atom stereocenters. The van der Waals surface area contributed by atoms with Gasteiger partial charge in [0.25, 0.3) is 0 Å². The zero-order valence-electron chi connectivity index (χ0n) is 15.4. The van der Waals surface area contributed by atoms with Crippen LogP contribution in [0, 0.1) is 5.92 Å². The van der Waals surface area contributed by atoms with Crippen molar-refractivity contribution in [2.45, 2.75) is 32.9 Å². The summed E-state index contributed by atoms with van der Waals surface area (Å²) in [7, 11) is 0. The van der Waals surface area contributed by atoms with Crippen molar-refractivity contribution in [3.63, 3.8) is 0 Å². The summed E-state index contributed by atoms with van der Waals surface area (Å²) in [5.74, 6) is 1.68. The van der Waals surface area contributed by atoms with E-state index in [2.05, 4.69) is 72.6 Å². The Hall–Kier alpha value is -1.84. The van der Waals surface area contributed by atoms with Gasteiger partial charge < -0.3 is 10.1 Å². The molecule has 3 nitrogen and oxygen atoms in total. The van der Waals surface area contributed by atoms with E-state index in [9.17, 15) is 0 Å². The number of nitrogens with zero attached hydrogens (tertiary/aromatic N) is 1. The summed E-state index contributed by atoms with van der Waals surface area (Å²) in [5, 5.41) is 3.46. The Balaban J connectivity index is 1.80. The lowest BCUT2D eigenvalue weighted by molar-refractivity contribution is 0.150. The minimum Gasteiger partial charge on any atom is -0.489 e. The van der Waals surface area contributed by atoms with Crippen LogP contribution in [0.2, 0.25) is 0 Å². The molecule has 2 aromatic rings. The van der Waals surface area contributed by atoms with Crippen LogP contribution >= 0.6 is 0 Å². The molecule has 1 saturated heterocycles. The first kappa shape index (κ1) is 18.0. The fourth-order valence-corrected chi connectivity index (χ4v) is 3.54. The molecule has 0 aliphatic carbocycles. The van der Waals surface area contributed by atoms with Gasteiger partial charge in [-0.2, -0.15) is 0 Å². The van der Waals surface area contributed by atoms with Crippen molar-refractivity contribution in [1.29, 1.82) is 0 Å². The number of nitrogens with one attached hydrogen (secondary N) is 1. The molecule has 0 aromatic heterocycles. The highest BCUT2D eigenvalue weighted by atomic mass is 16.5. The molecule has 0 amide bonds. The number of rotatable bonds is 7. The van der Waals surface area contributed by atoms with Gasteiger partial charge in [-0.25, -0.2) is 0 Å². The summed E-state index contributed by atoms with van der Waals surface area (Å²) in [6.45, 7) is 9.58. The second-order valence-electron chi connectivity index (χ2n) is 7.24. The maximum atomic E-state index is 6.23. The van der Waals surface area contributed by atoms with Crippen molar-refractivity contribution >= 4 is 0 Å². The quantitative estimate of drug-likeness (QED) is 0.816. The number of hydrogen-bond acceptors (Lipinski definition) is 3. The molecular weight excluding hydrogens is 308 g/mol. The predicted octanol–water partition coefficient (Wildman–Crippen LogP) is 4.26. The minimum atomic E-state index is 0.425. The second kappa shape index (κ2) is 9.02. The molecule has 0 bridgehead atoms. The lowest BCUT2D eigenvalue weighted by Gasteiger charge is -2.36. The maximum Gasteiger partial charge on any atom is 0.124 e. The van der Waals surface area contributed by atoms with E-state index in [1.807, 2.05) is 6.07 Å². The van der Waals surface area contributed by atoms with Gasteiger partial charge in [-0.05, 0) is 24.0 Å². The molecular formula is C22H30N2O. The van der Waals surface area contributed by atoms with Crippen molar-refractivity contribution in [3.05, 3.63) is 65.7 Å². The summed E-state index contributed by atoms with van der Waals surface area (Å²) in [4.78, 5) is 2.61. The molecule has 3 heteroatoms. The lowest BCUT2D eigenvalue weighted by Crippen LogP contribution is -2.45. The molecule has 0 radical (unpaired) electrons. The van der Waals surface area contributed by atoms with Crippen molar-refractivity contribution in [1.82, 2.24) is 10.2 Å². The van der Waals surface area contributed by atoms with Crippen LogP contribution < -0.4 is 10.1 Å². The van der Waals surface area contributed by atoms with Gasteiger partial charge in [-0.1, -0.05) is 62.4 Å². The Bertz CT molecular complexity index is 635. The maximum absolute atomic E-state index is 6.23. The molecule has 1 atom stereocenters. The van der Waals surface area contributed by atoms with Crippen LogP contribution in [0.1, 0.15) is 37.4 Å². The number of benzene rings is 2. The molecule has 2 aromatic carbocycles. The Morgan fingerprint density at radius 2 is 1.64 bits per heavy atom. The standard InChI is InChI=1S/C22H30N2O/c1-18(2)16-21(24-14-12-23-13-15-24)20-10-6-7-11-22(20)25-17-19-8-4-3-5-9-19/h3-11,18,21,23H,12-17H2,1-2H3/t21-/m0/s1. The first-order valence-corrected chi connectivity index (χ1v) is 9.44. The van der Waals surface area contributed by atoms with Crippen LogP contribution in [0.25, 0.3) is 0 Å². The summed E-state index contributed by atoms with van der Waals surface area (Å²) in [6, 6.07) is 19.4. The van der Waals surface area contributed by atoms with Gasteiger partial charge in [0.05, 0.1) is 0 Å². The largest absolute Gasteiger partial charge is 0.489 e. The fraction of sp³-hybridized carbons (Fsp3) is 0.455. The highest BCUT2D eigenvalue weighted by molar-refractivity contribution is 5.36. The minimum absolute atomic E-state index is 0.425. The topological polar surface area (TPSA) is 24.5 Å². The number of hydrogen-bond donors (Lipinski definition) is 1. The lowest BCUT2D eigenvalue weighted by atomic mass is 9.94. The molecule has 0 saturated carbocycles. The van der Waals surface area contributed by atoms with Crippen molar-refractivity contribution in [2.75, 3.05) is 26.2 Å². The SMILES string of the molecule is CC(C)C[C@@H](c1ccccc1OCc1ccccc1)N1CCNCC1. The molecule has 1 aliphatic rings. The van der Waals surface area contributed by atoms with Crippen LogP contribution in [0.15, 0.2) is 54.6 Å². The second-order valence-corrected chi connectivity index (χ2v) is 7.24. The number of para-hydroxylation sites is 1. The van der Waals surface area contributed by atoms with E-state index in [-0.39, 0.29) is 0 Å². The molecule has 134 valence electrons. The fourth-order valence-electron chi connectivity index (χ4n) is 3.54. The molecule has 3 rings (SSSR count). The van der Waals surface area contributed by atoms with Gasteiger partial charge in [0.2, 0.25) is 0 Å². The van der Waals surface area contributed by atoms with Gasteiger partial charge in [0, 0.05) is 37.8 Å². The summed E-state index contributed by atoms with van der Waals surface area (Å²) >= 11 is 0. The first-order valence-electron chi connectivity index (χ1n) is 9.44. The van der Waals surface area contributed by atoms with Crippen LogP contribution in [-0.2, 0) is 6.61 Å². The third-order valence-electron chi connectivity index (χ3n) is 4.80. The van der Waals surface area contributed by atoms with E-state index < -0.39 is 0 Å². The molecule has 1 heterocycles. The molecule has 1 fully saturated rings. The van der Waals surface area contributed by atoms with Crippen molar-refractivity contribution < 1.29 is 4.74 Å². The van der Waals surface area contributed by atoms with Gasteiger partial charge >= 0.3 is 0 Å². The molecule has 25 heavy (non-hydrogen) atoms. The van der Waals surface area contributed by atoms with Crippen molar-refractivity contribution in [3.8, 4) is 5.75 Å². The zero-order chi connectivity index (χ0) is 17.5. The van der Waals surface area contributed by atoms with E-state index >= 15 is 0 Å². The number of ether oxygens (including phenoxy) is 1. The summed E-state index contributed by atoms with van der Waals surface area (Å²) in [5.41, 5.74) is 2.54. The van der Waals surface area contributed by atoms with Crippen LogP contribution in [0.4, 0.5) is 0 Å². The molecule has 1 aliphatic heterocycles. The summed E-state index contributed by atoms with van der Waals surface area (Å²) < 4.78 is 6.23. The molecule has 1 N–H and O–H groups in total. The Labute approximate surface area is 152 Å². The first-order chi connectivity index (χ1) is 12.2. The van der Waals surface area contributed by atoms with Gasteiger partial charge in [-0.15, -0.1) is 0 Å². The third kappa shape index (κ3) is 5.07. The smallest absolute Gasteiger partial charge is 0.124 e. The average molecular weight is 338 g/mol. The van der Waals surface area contributed by atoms with Crippen LogP contribution in [0.3, 0.4) is 0 Å². The molecule has 0 spiro atoms. The third-order valence-corrected chi connectivity index (χ3v) is 4.80. The van der Waals surface area contributed by atoms with Gasteiger partial charge in [0.15, 0.2) is 0 Å². The van der Waals surface area contributed by atoms with E-state index in [0.29, 0.717) is 18.6 Å². The normalized spacial score (nSPS) is 16.8. The predicted molar refractivity (Wildman–Crippen MR) is 104 cm³/mol. The summed E-state index contributed by atoms with van der Waals surface area (Å²) in [6.07, 6.45) is 1.16. The van der Waals surface area contributed by atoms with E-state index in [1.165, 1.54) is 11.1 Å². The Kier molecular flexibility index (Phi) is 6.48.